The molecule has 33 heavy (non-hydrogen) atoms. The Labute approximate surface area is 197 Å². The molecule has 0 amide bonds. The Morgan fingerprint density at radius 1 is 1.12 bits per heavy atom. The maximum Gasteiger partial charge on any atom is 0.244 e. The maximum absolute atomic E-state index is 14.7. The lowest BCUT2D eigenvalue weighted by atomic mass is 9.88. The van der Waals surface area contributed by atoms with E-state index in [2.05, 4.69) is 17.1 Å². The van der Waals surface area contributed by atoms with Crippen molar-refractivity contribution in [1.29, 1.82) is 0 Å². The molecule has 8 nitrogen and oxygen atoms in total. The molecule has 1 aromatic rings. The number of guanidine groups is 1. The molecule has 1 saturated carbocycles. The van der Waals surface area contributed by atoms with Gasteiger partial charge in [-0.2, -0.15) is 4.99 Å². The number of quaternary nitrogens is 1. The van der Waals surface area contributed by atoms with Crippen LogP contribution in [0.15, 0.2) is 23.2 Å². The van der Waals surface area contributed by atoms with Gasteiger partial charge in [-0.1, -0.05) is 26.2 Å². The molecule has 7 N–H and O–H groups in total. The largest absolute Gasteiger partial charge is 0.386 e. The molecule has 0 bridgehead atoms. The Kier molecular flexibility index (Phi) is 7.43. The topological polar surface area (TPSA) is 109 Å². The fourth-order valence-electron chi connectivity index (χ4n) is 6.24. The van der Waals surface area contributed by atoms with Gasteiger partial charge in [0, 0.05) is 19.0 Å². The van der Waals surface area contributed by atoms with Gasteiger partial charge in [0.1, 0.15) is 5.82 Å². The summed E-state index contributed by atoms with van der Waals surface area (Å²) in [6.45, 7) is 6.05. The highest BCUT2D eigenvalue weighted by Crippen LogP contribution is 2.35. The van der Waals surface area contributed by atoms with E-state index in [1.807, 2.05) is 6.07 Å². The molecule has 4 rings (SSSR count). The summed E-state index contributed by atoms with van der Waals surface area (Å²) < 4.78 is 15.1. The normalized spacial score (nSPS) is 31.6. The highest BCUT2D eigenvalue weighted by Gasteiger charge is 2.51. The number of hydrogen-bond donors (Lipinski definition) is 4. The van der Waals surface area contributed by atoms with Gasteiger partial charge in [-0.15, -0.1) is 0 Å². The molecule has 184 valence electrons. The van der Waals surface area contributed by atoms with Crippen LogP contribution in [0.1, 0.15) is 51.9 Å². The molecule has 2 fully saturated rings. The van der Waals surface area contributed by atoms with Crippen LogP contribution in [0.5, 0.6) is 0 Å². The van der Waals surface area contributed by atoms with E-state index in [0.717, 1.165) is 32.6 Å². The minimum absolute atomic E-state index is 0.253. The van der Waals surface area contributed by atoms with Crippen LogP contribution in [0, 0.1) is 11.7 Å². The monoisotopic (exact) mass is 461 g/mol. The first kappa shape index (κ1) is 24.2. The highest BCUT2D eigenvalue weighted by atomic mass is 19.1. The summed E-state index contributed by atoms with van der Waals surface area (Å²) >= 11 is 0. The number of rotatable bonds is 7. The van der Waals surface area contributed by atoms with E-state index in [-0.39, 0.29) is 11.8 Å². The summed E-state index contributed by atoms with van der Waals surface area (Å²) in [7, 11) is 1.70. The van der Waals surface area contributed by atoms with Gasteiger partial charge in [-0.3, -0.25) is 20.9 Å². The van der Waals surface area contributed by atoms with Crippen molar-refractivity contribution in [3.8, 4) is 0 Å². The van der Waals surface area contributed by atoms with Crippen molar-refractivity contribution in [3.63, 3.8) is 0 Å². The van der Waals surface area contributed by atoms with Gasteiger partial charge in [0.05, 0.1) is 30.5 Å². The number of hydrogen-bond acceptors (Lipinski definition) is 7. The number of halogens is 1. The Morgan fingerprint density at radius 2 is 1.88 bits per heavy atom. The van der Waals surface area contributed by atoms with Crippen molar-refractivity contribution in [2.45, 2.75) is 70.5 Å². The molecule has 0 spiro atoms. The predicted molar refractivity (Wildman–Crippen MR) is 133 cm³/mol. The molecule has 2 heterocycles. The van der Waals surface area contributed by atoms with Crippen molar-refractivity contribution in [2.75, 3.05) is 43.4 Å². The third-order valence-corrected chi connectivity index (χ3v) is 8.11. The van der Waals surface area contributed by atoms with Crippen molar-refractivity contribution in [2.24, 2.45) is 28.1 Å². The van der Waals surface area contributed by atoms with Gasteiger partial charge < -0.3 is 11.1 Å². The molecule has 1 aliphatic carbocycles. The summed E-state index contributed by atoms with van der Waals surface area (Å²) in [5.74, 6) is 0.470. The molecule has 1 saturated heterocycles. The van der Waals surface area contributed by atoms with Gasteiger partial charge in [-0.25, -0.2) is 9.29 Å². The van der Waals surface area contributed by atoms with Crippen LogP contribution in [0.4, 0.5) is 15.8 Å². The van der Waals surface area contributed by atoms with Crippen molar-refractivity contribution in [3.05, 3.63) is 24.0 Å². The molecular weight excluding hydrogens is 419 g/mol. The van der Waals surface area contributed by atoms with E-state index in [1.54, 1.807) is 18.0 Å². The third-order valence-electron chi connectivity index (χ3n) is 8.11. The summed E-state index contributed by atoms with van der Waals surface area (Å²) in [4.78, 5) is 9.04. The SMILES string of the molecule is CCN1CCCC1C[N+]1(CC2CCCCC2)C(N)N=C(N)N(c2ccc(NC)c(F)c2)C1N. The lowest BCUT2D eigenvalue weighted by Crippen LogP contribution is -2.79. The van der Waals surface area contributed by atoms with Crippen LogP contribution in [-0.4, -0.2) is 67.2 Å². The van der Waals surface area contributed by atoms with E-state index < -0.39 is 12.6 Å². The molecule has 1 aromatic carbocycles. The standard InChI is InChI=1S/C24H42FN8/c1-3-31-13-7-10-19(31)16-33(15-17-8-5-4-6-9-17)23(27)30-22(26)32(24(33)28)18-11-12-21(29-2)20(25)14-18/h11-12,14,17,19,23-24,29H,3-10,13,15-16,27-28H2,1-2H3,(H2,26,30)/q+1. The minimum atomic E-state index is -0.529. The second kappa shape index (κ2) is 10.1. The smallest absolute Gasteiger partial charge is 0.244 e. The van der Waals surface area contributed by atoms with Gasteiger partial charge in [0.2, 0.25) is 18.5 Å². The molecule has 2 aliphatic heterocycles. The number of nitrogens with two attached hydrogens (primary N) is 3. The zero-order valence-electron chi connectivity index (χ0n) is 20.2. The summed E-state index contributed by atoms with van der Waals surface area (Å²) in [6, 6.07) is 5.45. The number of aliphatic imine (C=N–C) groups is 1. The first-order valence-corrected chi connectivity index (χ1v) is 12.6. The number of likely N-dealkylation sites (N-methyl/N-ethyl adjacent to an activating group) is 1. The number of likely N-dealkylation sites (tertiary alicyclic amines) is 1. The first-order chi connectivity index (χ1) is 15.9. The fourth-order valence-corrected chi connectivity index (χ4v) is 6.24. The van der Waals surface area contributed by atoms with E-state index >= 15 is 0 Å². The number of anilines is 2. The average molecular weight is 462 g/mol. The van der Waals surface area contributed by atoms with E-state index in [9.17, 15) is 4.39 Å². The van der Waals surface area contributed by atoms with Crippen molar-refractivity contribution < 1.29 is 8.87 Å². The third kappa shape index (κ3) is 4.69. The van der Waals surface area contributed by atoms with E-state index in [4.69, 9.17) is 22.2 Å². The molecule has 0 radical (unpaired) electrons. The van der Waals surface area contributed by atoms with Crippen LogP contribution >= 0.6 is 0 Å². The molecule has 3 aliphatic rings. The number of nitrogens with one attached hydrogen (secondary N) is 1. The minimum Gasteiger partial charge on any atom is -0.386 e. The quantitative estimate of drug-likeness (QED) is 0.464. The van der Waals surface area contributed by atoms with Gasteiger partial charge in [-0.05, 0) is 50.9 Å². The molecule has 0 aromatic heterocycles. The lowest BCUT2D eigenvalue weighted by molar-refractivity contribution is -0.977. The van der Waals surface area contributed by atoms with Crippen LogP contribution in [0.25, 0.3) is 0 Å². The number of nitrogens with zero attached hydrogens (tertiary/aromatic N) is 4. The Balaban J connectivity index is 1.72. The van der Waals surface area contributed by atoms with Crippen LogP contribution < -0.4 is 27.4 Å². The fraction of sp³-hybridized carbons (Fsp3) is 0.708. The van der Waals surface area contributed by atoms with Gasteiger partial charge in [0.15, 0.2) is 0 Å². The van der Waals surface area contributed by atoms with Crippen molar-refractivity contribution >= 4 is 17.3 Å². The zero-order valence-corrected chi connectivity index (χ0v) is 20.2. The average Bonchev–Trinajstić information content (AvgIpc) is 3.25. The molecule has 9 heteroatoms. The number of benzene rings is 1. The zero-order chi connectivity index (χ0) is 23.6. The van der Waals surface area contributed by atoms with Gasteiger partial charge >= 0.3 is 0 Å². The summed E-state index contributed by atoms with van der Waals surface area (Å²) in [5.41, 5.74) is 21.3. The highest BCUT2D eigenvalue weighted by molar-refractivity contribution is 5.95. The van der Waals surface area contributed by atoms with Crippen LogP contribution in [0.2, 0.25) is 0 Å². The van der Waals surface area contributed by atoms with Crippen LogP contribution in [-0.2, 0) is 0 Å². The van der Waals surface area contributed by atoms with Crippen LogP contribution in [0.3, 0.4) is 0 Å². The van der Waals surface area contributed by atoms with Gasteiger partial charge in [0.25, 0.3) is 0 Å². The predicted octanol–water partition coefficient (Wildman–Crippen LogP) is 2.37. The Morgan fingerprint density at radius 3 is 2.55 bits per heavy atom. The van der Waals surface area contributed by atoms with E-state index in [0.29, 0.717) is 27.8 Å². The molecular formula is C24H42FN8+. The maximum atomic E-state index is 14.7. The van der Waals surface area contributed by atoms with Crippen molar-refractivity contribution in [1.82, 2.24) is 4.90 Å². The molecule has 4 unspecified atom stereocenters. The molecule has 4 atom stereocenters. The summed E-state index contributed by atoms with van der Waals surface area (Å²) in [6.07, 6.45) is 7.49. The Hall–Kier alpha value is -1.94. The van der Waals surface area contributed by atoms with E-state index in [1.165, 1.54) is 44.6 Å². The second-order valence-corrected chi connectivity index (χ2v) is 10.00. The summed E-state index contributed by atoms with van der Waals surface area (Å²) in [5, 5.41) is 2.87. The first-order valence-electron chi connectivity index (χ1n) is 12.6. The Bertz CT molecular complexity index is 842. The second-order valence-electron chi connectivity index (χ2n) is 10.00. The lowest BCUT2D eigenvalue weighted by Gasteiger charge is -2.54.